The third-order valence-electron chi connectivity index (χ3n) is 2.91. The lowest BCUT2D eigenvalue weighted by Crippen LogP contribution is -2.15. The van der Waals surface area contributed by atoms with E-state index in [-0.39, 0.29) is 5.69 Å². The Morgan fingerprint density at radius 3 is 2.74 bits per heavy atom. The minimum atomic E-state index is -0.401. The maximum Gasteiger partial charge on any atom is 0.275 e. The van der Waals surface area contributed by atoms with Gasteiger partial charge in [0.05, 0.1) is 31.8 Å². The third kappa shape index (κ3) is 4.80. The number of benzene rings is 1. The molecule has 0 aliphatic rings. The average molecular weight is 337 g/mol. The highest BCUT2D eigenvalue weighted by molar-refractivity contribution is 6.31. The van der Waals surface area contributed by atoms with E-state index in [1.165, 1.54) is 19.5 Å². The number of hydrogen-bond donors (Lipinski definition) is 2. The number of anilines is 2. The summed E-state index contributed by atoms with van der Waals surface area (Å²) < 4.78 is 10.1. The van der Waals surface area contributed by atoms with Crippen molar-refractivity contribution in [2.75, 3.05) is 38.0 Å². The molecule has 1 aromatic heterocycles. The molecule has 8 heteroatoms. The number of carbonyl (C=O) groups excluding carboxylic acids is 1. The van der Waals surface area contributed by atoms with Gasteiger partial charge in [-0.05, 0) is 18.2 Å². The molecule has 0 aliphatic carbocycles. The molecule has 122 valence electrons. The van der Waals surface area contributed by atoms with Crippen LogP contribution in [0.5, 0.6) is 5.75 Å². The molecule has 0 aliphatic heterocycles. The molecule has 0 fully saturated rings. The van der Waals surface area contributed by atoms with Crippen LogP contribution in [0.25, 0.3) is 0 Å². The highest BCUT2D eigenvalue weighted by Crippen LogP contribution is 2.27. The van der Waals surface area contributed by atoms with Crippen LogP contribution in [-0.4, -0.2) is 43.2 Å². The summed E-state index contributed by atoms with van der Waals surface area (Å²) in [4.78, 5) is 20.4. The first-order valence-corrected chi connectivity index (χ1v) is 7.21. The van der Waals surface area contributed by atoms with E-state index in [1.54, 1.807) is 25.3 Å². The molecule has 2 N–H and O–H groups in total. The number of halogens is 1. The van der Waals surface area contributed by atoms with Crippen LogP contribution in [0.2, 0.25) is 5.02 Å². The molecular formula is C15H17ClN4O3. The quantitative estimate of drug-likeness (QED) is 0.755. The van der Waals surface area contributed by atoms with Crippen molar-refractivity contribution < 1.29 is 14.3 Å². The summed E-state index contributed by atoms with van der Waals surface area (Å²) in [6.45, 7) is 1.16. The van der Waals surface area contributed by atoms with Crippen LogP contribution in [0.4, 0.5) is 11.5 Å². The van der Waals surface area contributed by atoms with Gasteiger partial charge in [0.15, 0.2) is 0 Å². The lowest BCUT2D eigenvalue weighted by molar-refractivity contribution is 0.102. The molecule has 2 rings (SSSR count). The van der Waals surface area contributed by atoms with Crippen LogP contribution in [0.3, 0.4) is 0 Å². The summed E-state index contributed by atoms with van der Waals surface area (Å²) in [6, 6.07) is 4.95. The molecule has 0 saturated heterocycles. The highest BCUT2D eigenvalue weighted by atomic mass is 35.5. The molecule has 0 bridgehead atoms. The molecule has 7 nitrogen and oxygen atoms in total. The smallest absolute Gasteiger partial charge is 0.275 e. The van der Waals surface area contributed by atoms with Crippen LogP contribution in [0.1, 0.15) is 10.5 Å². The molecule has 1 amide bonds. The van der Waals surface area contributed by atoms with Crippen molar-refractivity contribution in [3.8, 4) is 5.75 Å². The van der Waals surface area contributed by atoms with Crippen molar-refractivity contribution in [3.05, 3.63) is 41.3 Å². The second-order valence-corrected chi connectivity index (χ2v) is 4.94. The predicted octanol–water partition coefficient (Wildman–Crippen LogP) is 2.45. The standard InChI is InChI=1S/C15H17ClN4O3/c1-22-6-5-17-14-9-18-12(8-19-14)15(21)20-11-7-10(16)3-4-13(11)23-2/h3-4,7-9H,5-6H2,1-2H3,(H,17,19)(H,20,21). The monoisotopic (exact) mass is 336 g/mol. The van der Waals surface area contributed by atoms with Crippen LogP contribution < -0.4 is 15.4 Å². The largest absolute Gasteiger partial charge is 0.495 e. The highest BCUT2D eigenvalue weighted by Gasteiger charge is 2.12. The summed E-state index contributed by atoms with van der Waals surface area (Å²) in [5.74, 6) is 0.675. The van der Waals surface area contributed by atoms with E-state index in [9.17, 15) is 4.79 Å². The minimum absolute atomic E-state index is 0.185. The molecule has 0 unspecified atom stereocenters. The van der Waals surface area contributed by atoms with Gasteiger partial charge in [0, 0.05) is 18.7 Å². The van der Waals surface area contributed by atoms with Gasteiger partial charge >= 0.3 is 0 Å². The van der Waals surface area contributed by atoms with Gasteiger partial charge in [0.2, 0.25) is 0 Å². The van der Waals surface area contributed by atoms with Crippen LogP contribution in [0.15, 0.2) is 30.6 Å². The first kappa shape index (κ1) is 17.0. The molecule has 23 heavy (non-hydrogen) atoms. The van der Waals surface area contributed by atoms with E-state index in [1.807, 2.05) is 0 Å². The van der Waals surface area contributed by atoms with Crippen molar-refractivity contribution in [2.45, 2.75) is 0 Å². The molecule has 2 aromatic rings. The lowest BCUT2D eigenvalue weighted by atomic mass is 10.2. The number of aromatic nitrogens is 2. The Labute approximate surface area is 139 Å². The maximum atomic E-state index is 12.2. The Bertz CT molecular complexity index is 664. The summed E-state index contributed by atoms with van der Waals surface area (Å²) in [7, 11) is 3.13. The van der Waals surface area contributed by atoms with E-state index in [0.717, 1.165) is 0 Å². The minimum Gasteiger partial charge on any atom is -0.495 e. The zero-order valence-corrected chi connectivity index (χ0v) is 13.6. The Balaban J connectivity index is 2.05. The fraction of sp³-hybridized carbons (Fsp3) is 0.267. The molecule has 1 heterocycles. The van der Waals surface area contributed by atoms with Crippen LogP contribution >= 0.6 is 11.6 Å². The Morgan fingerprint density at radius 1 is 1.26 bits per heavy atom. The van der Waals surface area contributed by atoms with Gasteiger partial charge < -0.3 is 20.1 Å². The third-order valence-corrected chi connectivity index (χ3v) is 3.14. The van der Waals surface area contributed by atoms with E-state index in [4.69, 9.17) is 21.1 Å². The Morgan fingerprint density at radius 2 is 2.09 bits per heavy atom. The van der Waals surface area contributed by atoms with E-state index in [0.29, 0.717) is 35.4 Å². The van der Waals surface area contributed by atoms with Crippen LogP contribution in [0, 0.1) is 0 Å². The number of hydrogen-bond acceptors (Lipinski definition) is 6. The number of methoxy groups -OCH3 is 2. The van der Waals surface area contributed by atoms with Crippen molar-refractivity contribution in [1.29, 1.82) is 0 Å². The Kier molecular flexibility index (Phi) is 6.13. The van der Waals surface area contributed by atoms with Gasteiger partial charge in [-0.15, -0.1) is 0 Å². The zero-order valence-electron chi connectivity index (χ0n) is 12.8. The fourth-order valence-corrected chi connectivity index (χ4v) is 1.95. The summed E-state index contributed by atoms with van der Waals surface area (Å²) >= 11 is 5.93. The maximum absolute atomic E-state index is 12.2. The molecule has 0 saturated carbocycles. The number of carbonyl (C=O) groups is 1. The SMILES string of the molecule is COCCNc1cnc(C(=O)Nc2cc(Cl)ccc2OC)cn1. The second kappa shape index (κ2) is 8.30. The summed E-state index contributed by atoms with van der Waals surface area (Å²) in [5, 5.41) is 6.21. The van der Waals surface area contributed by atoms with Gasteiger partial charge in [-0.1, -0.05) is 11.6 Å². The second-order valence-electron chi connectivity index (χ2n) is 4.51. The first-order chi connectivity index (χ1) is 11.1. The van der Waals surface area contributed by atoms with Gasteiger partial charge in [-0.25, -0.2) is 9.97 Å². The van der Waals surface area contributed by atoms with E-state index >= 15 is 0 Å². The average Bonchev–Trinajstić information content (AvgIpc) is 2.56. The van der Waals surface area contributed by atoms with Gasteiger partial charge in [-0.2, -0.15) is 0 Å². The normalized spacial score (nSPS) is 10.2. The number of amides is 1. The molecule has 1 aromatic carbocycles. The lowest BCUT2D eigenvalue weighted by Gasteiger charge is -2.10. The zero-order chi connectivity index (χ0) is 16.7. The number of nitrogens with zero attached hydrogens (tertiary/aromatic N) is 2. The summed E-state index contributed by atoms with van der Waals surface area (Å²) in [5.41, 5.74) is 0.651. The number of rotatable bonds is 7. The molecule has 0 radical (unpaired) electrons. The Hall–Kier alpha value is -2.38. The number of nitrogens with one attached hydrogen (secondary N) is 2. The van der Waals surface area contributed by atoms with Crippen LogP contribution in [-0.2, 0) is 4.74 Å². The molecule has 0 atom stereocenters. The molecule has 0 spiro atoms. The van der Waals surface area contributed by atoms with Crippen molar-refractivity contribution in [1.82, 2.24) is 9.97 Å². The molecular weight excluding hydrogens is 320 g/mol. The number of ether oxygens (including phenoxy) is 2. The van der Waals surface area contributed by atoms with E-state index in [2.05, 4.69) is 20.6 Å². The first-order valence-electron chi connectivity index (χ1n) is 6.83. The topological polar surface area (TPSA) is 85.4 Å². The summed E-state index contributed by atoms with van der Waals surface area (Å²) in [6.07, 6.45) is 2.88. The fourth-order valence-electron chi connectivity index (χ4n) is 1.78. The predicted molar refractivity (Wildman–Crippen MR) is 88.4 cm³/mol. The van der Waals surface area contributed by atoms with Gasteiger partial charge in [-0.3, -0.25) is 4.79 Å². The van der Waals surface area contributed by atoms with Gasteiger partial charge in [0.1, 0.15) is 17.3 Å². The van der Waals surface area contributed by atoms with E-state index < -0.39 is 5.91 Å². The van der Waals surface area contributed by atoms with Crippen molar-refractivity contribution in [3.63, 3.8) is 0 Å². The van der Waals surface area contributed by atoms with Gasteiger partial charge in [0.25, 0.3) is 5.91 Å². The van der Waals surface area contributed by atoms with Crippen molar-refractivity contribution >= 4 is 29.0 Å². The van der Waals surface area contributed by atoms with Crippen molar-refractivity contribution in [2.24, 2.45) is 0 Å².